The number of rotatable bonds is 2. The van der Waals surface area contributed by atoms with Crippen LogP contribution in [0.2, 0.25) is 0 Å². The van der Waals surface area contributed by atoms with E-state index in [1.165, 1.54) is 138 Å². The lowest BCUT2D eigenvalue weighted by Crippen LogP contribution is -2.62. The smallest absolute Gasteiger partial charge is 0.252 e. The monoisotopic (exact) mass is 1020 g/mol. The average Bonchev–Trinajstić information content (AvgIpc) is 4.03. The lowest BCUT2D eigenvalue weighted by Gasteiger charge is -2.47. The molecule has 0 unspecified atom stereocenters. The molecule has 0 radical (unpaired) electrons. The molecule has 0 N–H and O–H groups in total. The predicted molar refractivity (Wildman–Crippen MR) is 338 cm³/mol. The standard InChI is InChI=1S/C73H73BN4/c1-42-31-62-66-63(32-42)78-64-39-48(72(11,12)13)37-55-54-36-47(71(8,9)10)24-30-60(54)77(67(55)64)65-40-49(73(14,15)16)38-57(68(65)78)74(66)56-27-26-51(41-61(56)76(62)50-25-21-43-19-17-18-20-44(43)33-50)75-58-28-22-45(69(2,3)4)34-52(58)53-35-46(70(5,6)7)23-29-59(53)75/h17-41H,1-16H3. The maximum atomic E-state index is 2.70. The van der Waals surface area contributed by atoms with Crippen LogP contribution in [0.3, 0.4) is 0 Å². The van der Waals surface area contributed by atoms with Crippen molar-refractivity contribution < 1.29 is 0 Å². The molecule has 4 nitrogen and oxygen atoms in total. The van der Waals surface area contributed by atoms with Gasteiger partial charge in [-0.25, -0.2) is 0 Å². The Morgan fingerprint density at radius 2 is 0.821 bits per heavy atom. The van der Waals surface area contributed by atoms with Gasteiger partial charge in [-0.3, -0.25) is 0 Å². The maximum Gasteiger partial charge on any atom is 0.252 e. The van der Waals surface area contributed by atoms with Crippen LogP contribution in [0.15, 0.2) is 152 Å². The summed E-state index contributed by atoms with van der Waals surface area (Å²) >= 11 is 0. The molecule has 388 valence electrons. The minimum atomic E-state index is -0.126. The van der Waals surface area contributed by atoms with Crippen molar-refractivity contribution in [2.24, 2.45) is 0 Å². The van der Waals surface area contributed by atoms with Crippen LogP contribution in [0, 0.1) is 6.92 Å². The van der Waals surface area contributed by atoms with Crippen LogP contribution in [-0.4, -0.2) is 15.8 Å². The molecule has 0 aliphatic carbocycles. The van der Waals surface area contributed by atoms with Crippen LogP contribution in [-0.2, 0) is 27.1 Å². The molecule has 0 bridgehead atoms. The third-order valence-corrected chi connectivity index (χ3v) is 17.9. The van der Waals surface area contributed by atoms with Gasteiger partial charge in [0.2, 0.25) is 0 Å². The van der Waals surface area contributed by atoms with Gasteiger partial charge in [0.1, 0.15) is 0 Å². The van der Waals surface area contributed by atoms with Crippen molar-refractivity contribution in [3.8, 4) is 11.4 Å². The molecule has 5 heterocycles. The summed E-state index contributed by atoms with van der Waals surface area (Å²) in [6, 6.07) is 60.2. The second-order valence-corrected chi connectivity index (χ2v) is 28.5. The largest absolute Gasteiger partial charge is 0.311 e. The predicted octanol–water partition coefficient (Wildman–Crippen LogP) is 18.2. The van der Waals surface area contributed by atoms with Crippen molar-refractivity contribution in [3.63, 3.8) is 0 Å². The molecular formula is C73H73BN4. The van der Waals surface area contributed by atoms with E-state index in [-0.39, 0.29) is 33.8 Å². The van der Waals surface area contributed by atoms with Gasteiger partial charge in [0.05, 0.1) is 39.1 Å². The number of hydrogen-bond acceptors (Lipinski definition) is 2. The summed E-state index contributed by atoms with van der Waals surface area (Å²) in [4.78, 5) is 5.32. The van der Waals surface area contributed by atoms with Crippen LogP contribution in [0.4, 0.5) is 34.1 Å². The number of hydrogen-bond donors (Lipinski definition) is 0. The quantitative estimate of drug-likeness (QED) is 0.160. The number of aryl methyl sites for hydroxylation is 1. The van der Waals surface area contributed by atoms with E-state index in [1.54, 1.807) is 0 Å². The molecule has 2 aromatic heterocycles. The summed E-state index contributed by atoms with van der Waals surface area (Å²) in [5.41, 5.74) is 26.6. The Hall–Kier alpha value is -7.50. The van der Waals surface area contributed by atoms with Crippen molar-refractivity contribution in [1.82, 2.24) is 9.13 Å². The lowest BCUT2D eigenvalue weighted by atomic mass is 9.33. The van der Waals surface area contributed by atoms with Crippen molar-refractivity contribution in [2.45, 2.75) is 138 Å². The Bertz CT molecular complexity index is 4360. The summed E-state index contributed by atoms with van der Waals surface area (Å²) in [6.07, 6.45) is 0. The Morgan fingerprint density at radius 1 is 0.333 bits per heavy atom. The van der Waals surface area contributed by atoms with E-state index < -0.39 is 0 Å². The molecule has 14 rings (SSSR count). The van der Waals surface area contributed by atoms with E-state index in [9.17, 15) is 0 Å². The van der Waals surface area contributed by atoms with Crippen LogP contribution < -0.4 is 26.2 Å². The molecule has 11 aromatic rings. The first-order chi connectivity index (χ1) is 36.7. The van der Waals surface area contributed by atoms with Gasteiger partial charge in [-0.2, -0.15) is 0 Å². The highest BCUT2D eigenvalue weighted by Gasteiger charge is 2.47. The minimum Gasteiger partial charge on any atom is -0.311 e. The van der Waals surface area contributed by atoms with Crippen molar-refractivity contribution in [3.05, 3.63) is 185 Å². The van der Waals surface area contributed by atoms with E-state index in [1.807, 2.05) is 0 Å². The second kappa shape index (κ2) is 15.8. The summed E-state index contributed by atoms with van der Waals surface area (Å²) < 4.78 is 5.19. The summed E-state index contributed by atoms with van der Waals surface area (Å²) in [5.74, 6) is 0. The third-order valence-electron chi connectivity index (χ3n) is 17.9. The van der Waals surface area contributed by atoms with E-state index >= 15 is 0 Å². The molecule has 3 aliphatic heterocycles. The third kappa shape index (κ3) is 7.04. The van der Waals surface area contributed by atoms with E-state index in [4.69, 9.17) is 0 Å². The highest BCUT2D eigenvalue weighted by Crippen LogP contribution is 2.55. The fraction of sp³-hybridized carbons (Fsp3) is 0.288. The number of aromatic nitrogens is 2. The molecule has 0 saturated carbocycles. The molecule has 0 atom stereocenters. The number of benzene rings is 9. The van der Waals surface area contributed by atoms with Crippen LogP contribution in [0.25, 0.3) is 65.8 Å². The summed E-state index contributed by atoms with van der Waals surface area (Å²) in [6.45, 7) is 37.5. The Morgan fingerprint density at radius 3 is 1.40 bits per heavy atom. The number of fused-ring (bicyclic) bond motifs is 13. The van der Waals surface area contributed by atoms with Crippen molar-refractivity contribution >= 4 is 112 Å². The molecule has 5 heteroatoms. The fourth-order valence-corrected chi connectivity index (χ4v) is 13.5. The van der Waals surface area contributed by atoms with Gasteiger partial charge in [0.15, 0.2) is 0 Å². The highest BCUT2D eigenvalue weighted by molar-refractivity contribution is 7.00. The first-order valence-corrected chi connectivity index (χ1v) is 28.5. The van der Waals surface area contributed by atoms with E-state index in [0.717, 1.165) is 11.4 Å². The molecule has 78 heavy (non-hydrogen) atoms. The van der Waals surface area contributed by atoms with Crippen LogP contribution >= 0.6 is 0 Å². The first-order valence-electron chi connectivity index (χ1n) is 28.5. The van der Waals surface area contributed by atoms with Gasteiger partial charge in [0, 0.05) is 50.0 Å². The second-order valence-electron chi connectivity index (χ2n) is 28.5. The zero-order valence-electron chi connectivity index (χ0n) is 48.8. The average molecular weight is 1020 g/mol. The van der Waals surface area contributed by atoms with Gasteiger partial charge < -0.3 is 18.9 Å². The molecule has 9 aromatic carbocycles. The summed E-state index contributed by atoms with van der Waals surface area (Å²) in [7, 11) is 0. The molecule has 0 fully saturated rings. The molecule has 3 aliphatic rings. The maximum absolute atomic E-state index is 2.70. The van der Waals surface area contributed by atoms with Gasteiger partial charge in [-0.1, -0.05) is 165 Å². The van der Waals surface area contributed by atoms with Gasteiger partial charge >= 0.3 is 0 Å². The first kappa shape index (κ1) is 48.8. The van der Waals surface area contributed by atoms with Crippen LogP contribution in [0.1, 0.15) is 137 Å². The van der Waals surface area contributed by atoms with Crippen molar-refractivity contribution in [2.75, 3.05) is 9.80 Å². The minimum absolute atomic E-state index is 0.000665. The topological polar surface area (TPSA) is 16.3 Å². The molecular weight excluding hydrogens is 944 g/mol. The zero-order chi connectivity index (χ0) is 54.7. The number of nitrogens with zero attached hydrogens (tertiary/aromatic N) is 4. The number of anilines is 6. The van der Waals surface area contributed by atoms with Crippen molar-refractivity contribution in [1.29, 1.82) is 0 Å². The normalized spacial score (nSPS) is 14.3. The lowest BCUT2D eigenvalue weighted by molar-refractivity contribution is 0.590. The molecule has 0 spiro atoms. The Labute approximate surface area is 462 Å². The molecule has 0 amide bonds. The van der Waals surface area contributed by atoms with E-state index in [0.29, 0.717) is 0 Å². The Kier molecular flexibility index (Phi) is 9.92. The SMILES string of the molecule is Cc1cc2c3c(c1)N1c4c(cc(C(C)(C)C)cc4-n4c5ccc(C(C)(C)C)cc5c5cc(C(C)(C)C)cc1c54)B3c1ccc(-n3c4ccc(C(C)(C)C)cc4c4cc(C(C)(C)C)ccc43)cc1N2c1ccc2ccccc2c1. The highest BCUT2D eigenvalue weighted by atomic mass is 15.2. The molecule has 0 saturated heterocycles. The van der Waals surface area contributed by atoms with Gasteiger partial charge in [-0.05, 0) is 186 Å². The summed E-state index contributed by atoms with van der Waals surface area (Å²) in [5, 5.41) is 7.71. The van der Waals surface area contributed by atoms with E-state index in [2.05, 4.69) is 281 Å². The Balaban J connectivity index is 1.11. The van der Waals surface area contributed by atoms with Crippen LogP contribution in [0.5, 0.6) is 0 Å². The fourth-order valence-electron chi connectivity index (χ4n) is 13.5. The van der Waals surface area contributed by atoms with Gasteiger partial charge in [-0.15, -0.1) is 0 Å². The van der Waals surface area contributed by atoms with Gasteiger partial charge in [0.25, 0.3) is 6.71 Å². The zero-order valence-corrected chi connectivity index (χ0v) is 48.8.